The average molecular weight is 269 g/mol. The molecule has 6 nitrogen and oxygen atoms in total. The standard InChI is InChI=1S/C14H15N5O/c1-2-20-10-5-3-4-9-11(10)12(14-16-18-19-17-14)13(15-9)8-6-7-8/h3-5,8,15H,2,6-7H2,1H3,(H,16,17,18,19). The highest BCUT2D eigenvalue weighted by atomic mass is 16.5. The number of nitrogens with zero attached hydrogens (tertiary/aromatic N) is 3. The molecule has 3 aromatic rings. The molecule has 1 aliphatic carbocycles. The number of hydrogen-bond donors (Lipinski definition) is 2. The number of ether oxygens (including phenoxy) is 1. The van der Waals surface area contributed by atoms with E-state index in [4.69, 9.17) is 4.74 Å². The fourth-order valence-corrected chi connectivity index (χ4v) is 2.69. The molecular weight excluding hydrogens is 254 g/mol. The lowest BCUT2D eigenvalue weighted by Crippen LogP contribution is -1.93. The minimum absolute atomic E-state index is 0.574. The van der Waals surface area contributed by atoms with Gasteiger partial charge >= 0.3 is 0 Å². The first-order chi connectivity index (χ1) is 9.88. The molecule has 2 heterocycles. The van der Waals surface area contributed by atoms with Crippen molar-refractivity contribution in [3.8, 4) is 17.1 Å². The van der Waals surface area contributed by atoms with Gasteiger partial charge in [-0.25, -0.2) is 0 Å². The van der Waals surface area contributed by atoms with Crippen molar-refractivity contribution in [2.75, 3.05) is 6.61 Å². The fourth-order valence-electron chi connectivity index (χ4n) is 2.69. The van der Waals surface area contributed by atoms with Crippen LogP contribution in [-0.2, 0) is 0 Å². The minimum Gasteiger partial charge on any atom is -0.493 e. The first-order valence-electron chi connectivity index (χ1n) is 6.89. The van der Waals surface area contributed by atoms with Crippen LogP contribution in [0.5, 0.6) is 5.75 Å². The van der Waals surface area contributed by atoms with Crippen molar-refractivity contribution in [3.05, 3.63) is 23.9 Å². The average Bonchev–Trinajstić information content (AvgIpc) is 3.01. The molecule has 0 aliphatic heterocycles. The van der Waals surface area contributed by atoms with Gasteiger partial charge in [0, 0.05) is 5.69 Å². The van der Waals surface area contributed by atoms with E-state index in [1.54, 1.807) is 0 Å². The van der Waals surface area contributed by atoms with Gasteiger partial charge in [-0.1, -0.05) is 6.07 Å². The normalized spacial score (nSPS) is 14.8. The zero-order valence-electron chi connectivity index (χ0n) is 11.2. The van der Waals surface area contributed by atoms with Gasteiger partial charge in [0.2, 0.25) is 5.82 Å². The molecule has 1 aromatic carbocycles. The van der Waals surface area contributed by atoms with Crippen molar-refractivity contribution in [2.24, 2.45) is 0 Å². The topological polar surface area (TPSA) is 79.5 Å². The molecule has 20 heavy (non-hydrogen) atoms. The van der Waals surface area contributed by atoms with Crippen molar-refractivity contribution in [3.63, 3.8) is 0 Å². The van der Waals surface area contributed by atoms with Gasteiger partial charge in [-0.2, -0.15) is 5.21 Å². The number of benzene rings is 1. The molecular formula is C14H15N5O. The predicted octanol–water partition coefficient (Wildman–Crippen LogP) is 2.62. The largest absolute Gasteiger partial charge is 0.493 e. The third kappa shape index (κ3) is 1.68. The summed E-state index contributed by atoms with van der Waals surface area (Å²) in [5.74, 6) is 2.07. The van der Waals surface area contributed by atoms with E-state index < -0.39 is 0 Å². The van der Waals surface area contributed by atoms with Crippen LogP contribution in [0.4, 0.5) is 0 Å². The summed E-state index contributed by atoms with van der Waals surface area (Å²) in [4.78, 5) is 3.51. The molecule has 0 amide bonds. The summed E-state index contributed by atoms with van der Waals surface area (Å²) in [7, 11) is 0. The highest BCUT2D eigenvalue weighted by molar-refractivity contribution is 6.00. The molecule has 1 fully saturated rings. The zero-order valence-corrected chi connectivity index (χ0v) is 11.2. The highest BCUT2D eigenvalue weighted by Gasteiger charge is 2.31. The minimum atomic E-state index is 0.574. The summed E-state index contributed by atoms with van der Waals surface area (Å²) in [6, 6.07) is 6.05. The van der Waals surface area contributed by atoms with Crippen molar-refractivity contribution < 1.29 is 4.74 Å². The Labute approximate surface area is 115 Å². The number of rotatable bonds is 4. The van der Waals surface area contributed by atoms with Crippen LogP contribution in [-0.4, -0.2) is 32.2 Å². The summed E-state index contributed by atoms with van der Waals surface area (Å²) in [5, 5.41) is 15.6. The van der Waals surface area contributed by atoms with Gasteiger partial charge in [0.25, 0.3) is 0 Å². The van der Waals surface area contributed by atoms with Crippen molar-refractivity contribution in [1.82, 2.24) is 25.6 Å². The SMILES string of the molecule is CCOc1cccc2[nH]c(C3CC3)c(-c3nn[nH]n3)c12. The molecule has 1 aliphatic rings. The molecule has 102 valence electrons. The van der Waals surface area contributed by atoms with Crippen LogP contribution in [0, 0.1) is 0 Å². The lowest BCUT2D eigenvalue weighted by Gasteiger charge is -2.05. The van der Waals surface area contributed by atoms with Crippen molar-refractivity contribution >= 4 is 10.9 Å². The van der Waals surface area contributed by atoms with Gasteiger partial charge in [0.15, 0.2) is 0 Å². The quantitative estimate of drug-likeness (QED) is 0.763. The monoisotopic (exact) mass is 269 g/mol. The van der Waals surface area contributed by atoms with E-state index in [1.807, 2.05) is 19.1 Å². The third-order valence-corrected chi connectivity index (χ3v) is 3.67. The van der Waals surface area contributed by atoms with Gasteiger partial charge in [-0.3, -0.25) is 0 Å². The third-order valence-electron chi connectivity index (χ3n) is 3.67. The molecule has 0 atom stereocenters. The number of aromatic amines is 2. The van der Waals surface area contributed by atoms with E-state index in [-0.39, 0.29) is 0 Å². The number of aromatic nitrogens is 5. The Morgan fingerprint density at radius 2 is 2.25 bits per heavy atom. The first-order valence-corrected chi connectivity index (χ1v) is 6.89. The number of nitrogens with one attached hydrogen (secondary N) is 2. The van der Waals surface area contributed by atoms with Crippen LogP contribution >= 0.6 is 0 Å². The zero-order chi connectivity index (χ0) is 13.5. The van der Waals surface area contributed by atoms with E-state index >= 15 is 0 Å². The maximum Gasteiger partial charge on any atom is 0.207 e. The Balaban J connectivity index is 2.03. The molecule has 0 unspecified atom stereocenters. The first kappa shape index (κ1) is 11.5. The van der Waals surface area contributed by atoms with E-state index in [9.17, 15) is 0 Å². The van der Waals surface area contributed by atoms with Gasteiger partial charge in [-0.15, -0.1) is 10.2 Å². The van der Waals surface area contributed by atoms with E-state index in [0.29, 0.717) is 18.3 Å². The summed E-state index contributed by atoms with van der Waals surface area (Å²) in [6.07, 6.45) is 2.42. The van der Waals surface area contributed by atoms with Gasteiger partial charge < -0.3 is 9.72 Å². The van der Waals surface area contributed by atoms with Crippen molar-refractivity contribution in [1.29, 1.82) is 0 Å². The summed E-state index contributed by atoms with van der Waals surface area (Å²) in [5.41, 5.74) is 3.30. The molecule has 0 bridgehead atoms. The lowest BCUT2D eigenvalue weighted by molar-refractivity contribution is 0.344. The van der Waals surface area contributed by atoms with Crippen LogP contribution in [0.25, 0.3) is 22.3 Å². The number of H-pyrrole nitrogens is 2. The van der Waals surface area contributed by atoms with Gasteiger partial charge in [0.05, 0.1) is 23.1 Å². The van der Waals surface area contributed by atoms with Crippen LogP contribution in [0.1, 0.15) is 31.4 Å². The Hall–Kier alpha value is -2.37. The summed E-state index contributed by atoms with van der Waals surface area (Å²) >= 11 is 0. The Bertz CT molecular complexity index is 742. The smallest absolute Gasteiger partial charge is 0.207 e. The molecule has 1 saturated carbocycles. The molecule has 2 aromatic heterocycles. The Kier molecular flexibility index (Phi) is 2.48. The second-order valence-corrected chi connectivity index (χ2v) is 5.04. The molecule has 0 radical (unpaired) electrons. The van der Waals surface area contributed by atoms with E-state index in [1.165, 1.54) is 18.5 Å². The van der Waals surface area contributed by atoms with Crippen LogP contribution in [0.2, 0.25) is 0 Å². The second-order valence-electron chi connectivity index (χ2n) is 5.04. The lowest BCUT2D eigenvalue weighted by atomic mass is 10.1. The van der Waals surface area contributed by atoms with Crippen LogP contribution in [0.15, 0.2) is 18.2 Å². The van der Waals surface area contributed by atoms with Crippen LogP contribution < -0.4 is 4.74 Å². The number of hydrogen-bond acceptors (Lipinski definition) is 4. The van der Waals surface area contributed by atoms with E-state index in [0.717, 1.165) is 22.2 Å². The maximum absolute atomic E-state index is 5.77. The predicted molar refractivity (Wildman–Crippen MR) is 74.6 cm³/mol. The molecule has 0 spiro atoms. The fraction of sp³-hybridized carbons (Fsp3) is 0.357. The summed E-state index contributed by atoms with van der Waals surface area (Å²) in [6.45, 7) is 2.62. The van der Waals surface area contributed by atoms with E-state index in [2.05, 4.69) is 31.7 Å². The van der Waals surface area contributed by atoms with Gasteiger partial charge in [-0.05, 0) is 43.0 Å². The Morgan fingerprint density at radius 1 is 1.35 bits per heavy atom. The van der Waals surface area contributed by atoms with Gasteiger partial charge in [0.1, 0.15) is 5.75 Å². The maximum atomic E-state index is 5.77. The highest BCUT2D eigenvalue weighted by Crippen LogP contribution is 2.47. The number of tetrazole rings is 1. The molecule has 6 heteroatoms. The van der Waals surface area contributed by atoms with Crippen molar-refractivity contribution in [2.45, 2.75) is 25.7 Å². The second kappa shape index (κ2) is 4.33. The molecule has 4 rings (SSSR count). The summed E-state index contributed by atoms with van der Waals surface area (Å²) < 4.78 is 5.77. The van der Waals surface area contributed by atoms with Crippen LogP contribution in [0.3, 0.4) is 0 Å². The molecule has 0 saturated heterocycles. The number of fused-ring (bicyclic) bond motifs is 1. The Morgan fingerprint density at radius 3 is 2.95 bits per heavy atom. The molecule has 2 N–H and O–H groups in total.